The Morgan fingerprint density at radius 1 is 1.53 bits per heavy atom. The highest BCUT2D eigenvalue weighted by molar-refractivity contribution is 6.30. The molecule has 1 rings (SSSR count). The first-order chi connectivity index (χ1) is 8.12. The van der Waals surface area contributed by atoms with Gasteiger partial charge in [-0.3, -0.25) is 4.79 Å². The summed E-state index contributed by atoms with van der Waals surface area (Å²) in [5.74, 6) is 0.740. The second-order valence-electron chi connectivity index (χ2n) is 3.94. The molecule has 1 atom stereocenters. The van der Waals surface area contributed by atoms with Crippen LogP contribution in [0.1, 0.15) is 18.9 Å². The average molecular weight is 256 g/mol. The van der Waals surface area contributed by atoms with Crippen molar-refractivity contribution in [1.82, 2.24) is 0 Å². The van der Waals surface area contributed by atoms with Gasteiger partial charge in [-0.05, 0) is 24.6 Å². The van der Waals surface area contributed by atoms with E-state index in [0.29, 0.717) is 23.7 Å². The van der Waals surface area contributed by atoms with Crippen LogP contribution in [-0.4, -0.2) is 19.4 Å². The molecular weight excluding hydrogens is 238 g/mol. The van der Waals surface area contributed by atoms with E-state index in [1.165, 1.54) is 0 Å². The maximum absolute atomic E-state index is 12.0. The third-order valence-corrected chi connectivity index (χ3v) is 3.07. The number of Topliss-reactive ketones (excluding diaryl/α,β-unsaturated/α-hetero) is 1. The number of ketones is 1. The molecule has 0 bridgehead atoms. The van der Waals surface area contributed by atoms with Crippen molar-refractivity contribution in [3.05, 3.63) is 28.8 Å². The molecule has 0 heterocycles. The van der Waals surface area contributed by atoms with Crippen molar-refractivity contribution in [3.8, 4) is 5.75 Å². The molecule has 0 spiro atoms. The minimum absolute atomic E-state index is 0.0845. The highest BCUT2D eigenvalue weighted by Crippen LogP contribution is 2.24. The van der Waals surface area contributed by atoms with Gasteiger partial charge in [0.15, 0.2) is 0 Å². The zero-order valence-electron chi connectivity index (χ0n) is 10.2. The minimum atomic E-state index is -0.0845. The Kier molecular flexibility index (Phi) is 5.45. The van der Waals surface area contributed by atoms with Gasteiger partial charge >= 0.3 is 0 Å². The Hall–Kier alpha value is -1.06. The van der Waals surface area contributed by atoms with Crippen LogP contribution < -0.4 is 10.5 Å². The molecule has 4 heteroatoms. The van der Waals surface area contributed by atoms with Crippen LogP contribution in [0.5, 0.6) is 5.75 Å². The van der Waals surface area contributed by atoms with Gasteiger partial charge in [0.05, 0.1) is 7.11 Å². The summed E-state index contributed by atoms with van der Waals surface area (Å²) >= 11 is 5.91. The highest BCUT2D eigenvalue weighted by Gasteiger charge is 2.17. The smallest absolute Gasteiger partial charge is 0.141 e. The number of carbonyl (C=O) groups is 1. The number of methoxy groups -OCH3 is 1. The van der Waals surface area contributed by atoms with E-state index < -0.39 is 0 Å². The SMILES string of the molecule is CCC(CN)C(=O)Cc1cc(Cl)ccc1OC. The van der Waals surface area contributed by atoms with Crippen LogP contribution in [0.4, 0.5) is 0 Å². The molecule has 0 saturated carbocycles. The lowest BCUT2D eigenvalue weighted by Crippen LogP contribution is -2.24. The van der Waals surface area contributed by atoms with Gasteiger partial charge < -0.3 is 10.5 Å². The molecule has 0 aliphatic carbocycles. The first kappa shape index (κ1) is 14.0. The van der Waals surface area contributed by atoms with E-state index in [1.54, 1.807) is 25.3 Å². The van der Waals surface area contributed by atoms with Gasteiger partial charge in [-0.2, -0.15) is 0 Å². The molecule has 0 amide bonds. The quantitative estimate of drug-likeness (QED) is 0.850. The van der Waals surface area contributed by atoms with E-state index in [4.69, 9.17) is 22.1 Å². The summed E-state index contributed by atoms with van der Waals surface area (Å²) in [5, 5.41) is 0.606. The number of carbonyl (C=O) groups excluding carboxylic acids is 1. The molecule has 0 radical (unpaired) electrons. The lowest BCUT2D eigenvalue weighted by molar-refractivity contribution is -0.122. The van der Waals surface area contributed by atoms with Gasteiger partial charge in [0.2, 0.25) is 0 Å². The Morgan fingerprint density at radius 3 is 2.76 bits per heavy atom. The molecule has 0 aliphatic heterocycles. The van der Waals surface area contributed by atoms with Crippen LogP contribution in [0.3, 0.4) is 0 Å². The van der Waals surface area contributed by atoms with Crippen molar-refractivity contribution in [2.45, 2.75) is 19.8 Å². The van der Waals surface area contributed by atoms with Crippen molar-refractivity contribution in [1.29, 1.82) is 0 Å². The van der Waals surface area contributed by atoms with Gasteiger partial charge in [-0.15, -0.1) is 0 Å². The molecule has 0 saturated heterocycles. The standard InChI is InChI=1S/C13H18ClNO2/c1-3-9(8-15)12(16)7-10-6-11(14)4-5-13(10)17-2/h4-6,9H,3,7-8,15H2,1-2H3. The Labute approximate surface area is 107 Å². The molecule has 1 aromatic rings. The number of benzene rings is 1. The van der Waals surface area contributed by atoms with E-state index >= 15 is 0 Å². The van der Waals surface area contributed by atoms with Crippen molar-refractivity contribution < 1.29 is 9.53 Å². The highest BCUT2D eigenvalue weighted by atomic mass is 35.5. The van der Waals surface area contributed by atoms with Crippen LogP contribution in [0.25, 0.3) is 0 Å². The molecule has 0 aromatic heterocycles. The van der Waals surface area contributed by atoms with Gasteiger partial charge in [-0.25, -0.2) is 0 Å². The maximum atomic E-state index is 12.0. The van der Waals surface area contributed by atoms with Crippen molar-refractivity contribution in [2.24, 2.45) is 11.7 Å². The molecule has 2 N–H and O–H groups in total. The monoisotopic (exact) mass is 255 g/mol. The first-order valence-electron chi connectivity index (χ1n) is 5.67. The second kappa shape index (κ2) is 6.62. The Bertz CT molecular complexity index is 389. The number of nitrogens with two attached hydrogens (primary N) is 1. The molecule has 17 heavy (non-hydrogen) atoms. The third kappa shape index (κ3) is 3.72. The summed E-state index contributed by atoms with van der Waals surface area (Å²) in [6, 6.07) is 5.28. The van der Waals surface area contributed by atoms with Gasteiger partial charge in [0, 0.05) is 29.5 Å². The van der Waals surface area contributed by atoms with E-state index in [2.05, 4.69) is 0 Å². The predicted molar refractivity (Wildman–Crippen MR) is 69.6 cm³/mol. The molecule has 3 nitrogen and oxygen atoms in total. The van der Waals surface area contributed by atoms with Gasteiger partial charge in [0.1, 0.15) is 11.5 Å². The fraction of sp³-hybridized carbons (Fsp3) is 0.462. The fourth-order valence-electron chi connectivity index (χ4n) is 1.74. The van der Waals surface area contributed by atoms with Gasteiger partial charge in [0.25, 0.3) is 0 Å². The number of hydrogen-bond donors (Lipinski definition) is 1. The summed E-state index contributed by atoms with van der Waals surface area (Å²) in [7, 11) is 1.58. The lowest BCUT2D eigenvalue weighted by atomic mass is 9.95. The van der Waals surface area contributed by atoms with E-state index in [-0.39, 0.29) is 11.7 Å². The number of hydrogen-bond acceptors (Lipinski definition) is 3. The average Bonchev–Trinajstić information content (AvgIpc) is 2.31. The number of halogens is 1. The molecule has 0 aliphatic rings. The molecule has 94 valence electrons. The summed E-state index contributed by atoms with van der Waals surface area (Å²) < 4.78 is 5.21. The van der Waals surface area contributed by atoms with Crippen LogP contribution in [0, 0.1) is 5.92 Å². The topological polar surface area (TPSA) is 52.3 Å². The van der Waals surface area contributed by atoms with Crippen LogP contribution in [-0.2, 0) is 11.2 Å². The van der Waals surface area contributed by atoms with Crippen molar-refractivity contribution in [3.63, 3.8) is 0 Å². The van der Waals surface area contributed by atoms with Gasteiger partial charge in [-0.1, -0.05) is 18.5 Å². The predicted octanol–water partition coefficient (Wildman–Crippen LogP) is 2.45. The van der Waals surface area contributed by atoms with Crippen LogP contribution in [0.2, 0.25) is 5.02 Å². The van der Waals surface area contributed by atoms with E-state index in [1.807, 2.05) is 6.92 Å². The summed E-state index contributed by atoms with van der Waals surface area (Å²) in [6.07, 6.45) is 1.08. The minimum Gasteiger partial charge on any atom is -0.496 e. The first-order valence-corrected chi connectivity index (χ1v) is 6.05. The van der Waals surface area contributed by atoms with E-state index in [0.717, 1.165) is 12.0 Å². The lowest BCUT2D eigenvalue weighted by Gasteiger charge is -2.13. The molecular formula is C13H18ClNO2. The molecule has 0 fully saturated rings. The Balaban J connectivity index is 2.86. The second-order valence-corrected chi connectivity index (χ2v) is 4.38. The molecule has 1 aromatic carbocycles. The summed E-state index contributed by atoms with van der Waals surface area (Å²) in [4.78, 5) is 12.0. The number of ether oxygens (including phenoxy) is 1. The summed E-state index contributed by atoms with van der Waals surface area (Å²) in [5.41, 5.74) is 6.38. The fourth-order valence-corrected chi connectivity index (χ4v) is 1.94. The van der Waals surface area contributed by atoms with E-state index in [9.17, 15) is 4.79 Å². The van der Waals surface area contributed by atoms with Crippen LogP contribution >= 0.6 is 11.6 Å². The zero-order chi connectivity index (χ0) is 12.8. The van der Waals surface area contributed by atoms with Crippen molar-refractivity contribution >= 4 is 17.4 Å². The number of rotatable bonds is 6. The third-order valence-electron chi connectivity index (χ3n) is 2.84. The van der Waals surface area contributed by atoms with Crippen LogP contribution in [0.15, 0.2) is 18.2 Å². The normalized spacial score (nSPS) is 12.2. The molecule has 1 unspecified atom stereocenters. The Morgan fingerprint density at radius 2 is 2.24 bits per heavy atom. The largest absolute Gasteiger partial charge is 0.496 e. The van der Waals surface area contributed by atoms with Crippen molar-refractivity contribution in [2.75, 3.05) is 13.7 Å². The summed E-state index contributed by atoms with van der Waals surface area (Å²) in [6.45, 7) is 2.35. The maximum Gasteiger partial charge on any atom is 0.141 e. The zero-order valence-corrected chi connectivity index (χ0v) is 11.0.